The molecule has 0 saturated heterocycles. The van der Waals surface area contributed by atoms with Crippen LogP contribution in [-0.4, -0.2) is 0 Å². The normalized spacial score (nSPS) is 12.9. The second kappa shape index (κ2) is 8.34. The summed E-state index contributed by atoms with van der Waals surface area (Å²) in [6.45, 7) is 15.7. The van der Waals surface area contributed by atoms with E-state index in [-0.39, 0.29) is 0 Å². The van der Waals surface area contributed by atoms with Gasteiger partial charge in [-0.05, 0) is 29.2 Å². The van der Waals surface area contributed by atoms with Crippen molar-refractivity contribution in [1.29, 1.82) is 0 Å². The van der Waals surface area contributed by atoms with Crippen LogP contribution in [0.4, 0.5) is 0 Å². The Balaban J connectivity index is 0.00000137. The molecule has 0 heteroatoms. The van der Waals surface area contributed by atoms with Crippen molar-refractivity contribution in [2.45, 2.75) is 67.2 Å². The number of benzene rings is 1. The summed E-state index contributed by atoms with van der Waals surface area (Å²) in [5.41, 5.74) is 1.90. The first-order valence-corrected chi connectivity index (χ1v) is 7.52. The Morgan fingerprint density at radius 3 is 1.89 bits per heavy atom. The van der Waals surface area contributed by atoms with E-state index in [9.17, 15) is 0 Å². The number of rotatable bonds is 5. The average Bonchev–Trinajstić information content (AvgIpc) is 2.39. The standard InChI is InChI=1S/C16H26.C2H6/c1-6-16(4,5)15(12-13(2)3)14-10-8-7-9-11-14;1-2/h7-11,13,15H,6,12H2,1-5H3;1-2H3. The van der Waals surface area contributed by atoms with Gasteiger partial charge in [0.25, 0.3) is 0 Å². The molecule has 1 aromatic rings. The van der Waals surface area contributed by atoms with Crippen LogP contribution in [0.2, 0.25) is 0 Å². The first-order valence-electron chi connectivity index (χ1n) is 7.52. The maximum absolute atomic E-state index is 2.40. The van der Waals surface area contributed by atoms with E-state index in [4.69, 9.17) is 0 Å². The molecule has 0 bridgehead atoms. The Morgan fingerprint density at radius 1 is 1.00 bits per heavy atom. The van der Waals surface area contributed by atoms with E-state index in [0.717, 1.165) is 5.92 Å². The van der Waals surface area contributed by atoms with Crippen molar-refractivity contribution in [2.24, 2.45) is 11.3 Å². The summed E-state index contributed by atoms with van der Waals surface area (Å²) in [4.78, 5) is 0. The van der Waals surface area contributed by atoms with Crippen molar-refractivity contribution >= 4 is 0 Å². The minimum absolute atomic E-state index is 0.394. The first kappa shape index (κ1) is 17.2. The molecule has 0 amide bonds. The quantitative estimate of drug-likeness (QED) is 0.575. The molecule has 0 aliphatic carbocycles. The topological polar surface area (TPSA) is 0 Å². The Kier molecular flexibility index (Phi) is 7.98. The smallest absolute Gasteiger partial charge is 0.0108 e. The van der Waals surface area contributed by atoms with E-state index in [2.05, 4.69) is 65.0 Å². The largest absolute Gasteiger partial charge is 0.0683 e. The molecule has 0 N–H and O–H groups in total. The highest BCUT2D eigenvalue weighted by atomic mass is 14.3. The summed E-state index contributed by atoms with van der Waals surface area (Å²) in [5.74, 6) is 1.44. The molecule has 0 fully saturated rings. The molecule has 1 unspecified atom stereocenters. The molecule has 0 heterocycles. The summed E-state index contributed by atoms with van der Waals surface area (Å²) in [7, 11) is 0. The van der Waals surface area contributed by atoms with E-state index < -0.39 is 0 Å². The highest BCUT2D eigenvalue weighted by Gasteiger charge is 2.29. The predicted molar refractivity (Wildman–Crippen MR) is 84.1 cm³/mol. The van der Waals surface area contributed by atoms with Crippen LogP contribution in [0.15, 0.2) is 30.3 Å². The molecule has 0 saturated carbocycles. The van der Waals surface area contributed by atoms with Gasteiger partial charge in [-0.25, -0.2) is 0 Å². The second-order valence-corrected chi connectivity index (χ2v) is 5.93. The van der Waals surface area contributed by atoms with Crippen LogP contribution in [0.1, 0.15) is 72.8 Å². The Hall–Kier alpha value is -0.780. The van der Waals surface area contributed by atoms with Crippen molar-refractivity contribution in [3.05, 3.63) is 35.9 Å². The molecule has 1 rings (SSSR count). The molecule has 0 spiro atoms. The highest BCUT2D eigenvalue weighted by Crippen LogP contribution is 2.42. The fourth-order valence-corrected chi connectivity index (χ4v) is 2.31. The van der Waals surface area contributed by atoms with Crippen LogP contribution in [-0.2, 0) is 0 Å². The van der Waals surface area contributed by atoms with Crippen LogP contribution < -0.4 is 0 Å². The lowest BCUT2D eigenvalue weighted by Gasteiger charge is -2.35. The van der Waals surface area contributed by atoms with Gasteiger partial charge in [0.05, 0.1) is 0 Å². The number of hydrogen-bond donors (Lipinski definition) is 0. The van der Waals surface area contributed by atoms with Gasteiger partial charge >= 0.3 is 0 Å². The van der Waals surface area contributed by atoms with Crippen molar-refractivity contribution in [1.82, 2.24) is 0 Å². The summed E-state index contributed by atoms with van der Waals surface area (Å²) in [6, 6.07) is 11.0. The molecule has 1 aromatic carbocycles. The van der Waals surface area contributed by atoms with Crippen LogP contribution in [0.3, 0.4) is 0 Å². The third-order valence-electron chi connectivity index (χ3n) is 3.76. The minimum Gasteiger partial charge on any atom is -0.0683 e. The molecule has 104 valence electrons. The van der Waals surface area contributed by atoms with Gasteiger partial charge < -0.3 is 0 Å². The van der Waals surface area contributed by atoms with E-state index in [0.29, 0.717) is 11.3 Å². The maximum Gasteiger partial charge on any atom is -0.0108 e. The SMILES string of the molecule is CC.CCC(C)(C)C(CC(C)C)c1ccccc1. The lowest BCUT2D eigenvalue weighted by Crippen LogP contribution is -2.22. The summed E-state index contributed by atoms with van der Waals surface area (Å²) < 4.78 is 0. The van der Waals surface area contributed by atoms with E-state index in [1.807, 2.05) is 13.8 Å². The molecule has 0 nitrogen and oxygen atoms in total. The van der Waals surface area contributed by atoms with Gasteiger partial charge in [0.15, 0.2) is 0 Å². The molecule has 0 aromatic heterocycles. The van der Waals surface area contributed by atoms with E-state index >= 15 is 0 Å². The predicted octanol–water partition coefficient (Wildman–Crippen LogP) is 6.28. The van der Waals surface area contributed by atoms with Gasteiger partial charge in [0.1, 0.15) is 0 Å². The molecular weight excluding hydrogens is 216 g/mol. The molecule has 1 atom stereocenters. The zero-order chi connectivity index (χ0) is 14.2. The van der Waals surface area contributed by atoms with Crippen molar-refractivity contribution in [3.8, 4) is 0 Å². The maximum atomic E-state index is 2.40. The Morgan fingerprint density at radius 2 is 1.50 bits per heavy atom. The zero-order valence-electron chi connectivity index (χ0n) is 13.5. The van der Waals surface area contributed by atoms with Crippen molar-refractivity contribution in [2.75, 3.05) is 0 Å². The molecular formula is C18H32. The molecule has 0 radical (unpaired) electrons. The van der Waals surface area contributed by atoms with Crippen molar-refractivity contribution in [3.63, 3.8) is 0 Å². The Bertz CT molecular complexity index is 295. The molecule has 0 aliphatic heterocycles. The average molecular weight is 248 g/mol. The van der Waals surface area contributed by atoms with Gasteiger partial charge in [-0.15, -0.1) is 0 Å². The third kappa shape index (κ3) is 5.25. The first-order chi connectivity index (χ1) is 8.47. The van der Waals surface area contributed by atoms with Crippen LogP contribution >= 0.6 is 0 Å². The fraction of sp³-hybridized carbons (Fsp3) is 0.667. The Labute approximate surface area is 115 Å². The summed E-state index contributed by atoms with van der Waals surface area (Å²) in [5, 5.41) is 0. The molecule has 18 heavy (non-hydrogen) atoms. The monoisotopic (exact) mass is 248 g/mol. The van der Waals surface area contributed by atoms with Gasteiger partial charge in [-0.3, -0.25) is 0 Å². The van der Waals surface area contributed by atoms with E-state index in [1.54, 1.807) is 0 Å². The fourth-order valence-electron chi connectivity index (χ4n) is 2.31. The van der Waals surface area contributed by atoms with Gasteiger partial charge in [0, 0.05) is 0 Å². The van der Waals surface area contributed by atoms with Crippen molar-refractivity contribution < 1.29 is 0 Å². The molecule has 0 aliphatic rings. The highest BCUT2D eigenvalue weighted by molar-refractivity contribution is 5.21. The van der Waals surface area contributed by atoms with Crippen LogP contribution in [0.25, 0.3) is 0 Å². The van der Waals surface area contributed by atoms with Gasteiger partial charge in [-0.1, -0.05) is 85.2 Å². The lowest BCUT2D eigenvalue weighted by molar-refractivity contribution is 0.242. The van der Waals surface area contributed by atoms with Crippen LogP contribution in [0.5, 0.6) is 0 Å². The summed E-state index contributed by atoms with van der Waals surface area (Å²) in [6.07, 6.45) is 2.52. The van der Waals surface area contributed by atoms with Gasteiger partial charge in [-0.2, -0.15) is 0 Å². The van der Waals surface area contributed by atoms with Crippen LogP contribution in [0, 0.1) is 11.3 Å². The number of hydrogen-bond acceptors (Lipinski definition) is 0. The van der Waals surface area contributed by atoms with Gasteiger partial charge in [0.2, 0.25) is 0 Å². The minimum atomic E-state index is 0.394. The third-order valence-corrected chi connectivity index (χ3v) is 3.76. The second-order valence-electron chi connectivity index (χ2n) is 5.93. The zero-order valence-corrected chi connectivity index (χ0v) is 13.5. The lowest BCUT2D eigenvalue weighted by atomic mass is 9.70. The van der Waals surface area contributed by atoms with E-state index in [1.165, 1.54) is 18.4 Å². The summed E-state index contributed by atoms with van der Waals surface area (Å²) >= 11 is 0.